The van der Waals surface area contributed by atoms with Crippen LogP contribution < -0.4 is 0 Å². The van der Waals surface area contributed by atoms with Crippen molar-refractivity contribution in [2.75, 3.05) is 19.7 Å². The van der Waals surface area contributed by atoms with E-state index in [2.05, 4.69) is 4.90 Å². The Balaban J connectivity index is 1.79. The first-order valence-electron chi connectivity index (χ1n) is 5.19. The predicted molar refractivity (Wildman–Crippen MR) is 49.3 cm³/mol. The van der Waals surface area contributed by atoms with Gasteiger partial charge in [-0.05, 0) is 32.1 Å². The Bertz CT molecular complexity index is 205. The monoisotopic (exact) mass is 183 g/mol. The van der Waals surface area contributed by atoms with Gasteiger partial charge in [0.05, 0.1) is 13.2 Å². The number of likely N-dealkylation sites (tertiary alicyclic amines) is 1. The van der Waals surface area contributed by atoms with Gasteiger partial charge in [0.25, 0.3) is 0 Å². The maximum absolute atomic E-state index is 11.2. The molecule has 13 heavy (non-hydrogen) atoms. The Morgan fingerprint density at radius 2 is 2.38 bits per heavy atom. The van der Waals surface area contributed by atoms with Crippen LogP contribution >= 0.6 is 0 Å². The van der Waals surface area contributed by atoms with E-state index in [4.69, 9.17) is 4.74 Å². The summed E-state index contributed by atoms with van der Waals surface area (Å²) in [6.45, 7) is 3.98. The Kier molecular flexibility index (Phi) is 2.54. The van der Waals surface area contributed by atoms with Crippen molar-refractivity contribution in [2.45, 2.75) is 32.2 Å². The third kappa shape index (κ3) is 1.85. The van der Waals surface area contributed by atoms with E-state index in [-0.39, 0.29) is 5.97 Å². The molecule has 0 spiro atoms. The topological polar surface area (TPSA) is 29.5 Å². The molecule has 74 valence electrons. The molecule has 1 saturated carbocycles. The van der Waals surface area contributed by atoms with Crippen LogP contribution in [-0.4, -0.2) is 36.6 Å². The summed E-state index contributed by atoms with van der Waals surface area (Å²) in [6, 6.07) is 0.675. The van der Waals surface area contributed by atoms with Gasteiger partial charge < -0.3 is 4.74 Å². The summed E-state index contributed by atoms with van der Waals surface area (Å²) in [5, 5.41) is 0. The fourth-order valence-electron chi connectivity index (χ4n) is 2.59. The van der Waals surface area contributed by atoms with Crippen LogP contribution in [0.2, 0.25) is 0 Å². The second kappa shape index (κ2) is 3.66. The first kappa shape index (κ1) is 9.00. The van der Waals surface area contributed by atoms with Crippen LogP contribution in [0, 0.1) is 5.92 Å². The molecule has 0 amide bonds. The third-order valence-corrected chi connectivity index (χ3v) is 3.16. The van der Waals surface area contributed by atoms with Gasteiger partial charge in [-0.3, -0.25) is 9.69 Å². The van der Waals surface area contributed by atoms with Crippen molar-refractivity contribution >= 4 is 5.97 Å². The molecular formula is C10H17NO2. The van der Waals surface area contributed by atoms with Gasteiger partial charge in [-0.2, -0.15) is 0 Å². The number of hydrogen-bond donors (Lipinski definition) is 0. The fraction of sp³-hybridized carbons (Fsp3) is 0.900. The summed E-state index contributed by atoms with van der Waals surface area (Å²) in [4.78, 5) is 13.5. The van der Waals surface area contributed by atoms with Crippen LogP contribution in [0.1, 0.15) is 26.2 Å². The van der Waals surface area contributed by atoms with E-state index in [1.807, 2.05) is 6.92 Å². The van der Waals surface area contributed by atoms with Crippen molar-refractivity contribution in [1.82, 2.24) is 4.90 Å². The van der Waals surface area contributed by atoms with Crippen molar-refractivity contribution in [3.8, 4) is 0 Å². The van der Waals surface area contributed by atoms with Crippen LogP contribution in [0.3, 0.4) is 0 Å². The zero-order chi connectivity index (χ0) is 9.26. The third-order valence-electron chi connectivity index (χ3n) is 3.16. The van der Waals surface area contributed by atoms with Crippen LogP contribution in [0.5, 0.6) is 0 Å². The van der Waals surface area contributed by atoms with Gasteiger partial charge in [-0.15, -0.1) is 0 Å². The van der Waals surface area contributed by atoms with Gasteiger partial charge in [-0.1, -0.05) is 0 Å². The molecule has 2 rings (SSSR count). The average molecular weight is 183 g/mol. The maximum Gasteiger partial charge on any atom is 0.320 e. The van der Waals surface area contributed by atoms with E-state index >= 15 is 0 Å². The number of carbonyl (C=O) groups excluding carboxylic acids is 1. The molecule has 2 aliphatic rings. The Labute approximate surface area is 79.0 Å². The molecule has 0 unspecified atom stereocenters. The summed E-state index contributed by atoms with van der Waals surface area (Å²) in [6.07, 6.45) is 3.95. The first-order chi connectivity index (χ1) is 6.29. The van der Waals surface area contributed by atoms with Gasteiger partial charge in [0.15, 0.2) is 0 Å². The summed E-state index contributed by atoms with van der Waals surface area (Å²) >= 11 is 0. The van der Waals surface area contributed by atoms with Crippen LogP contribution in [0.25, 0.3) is 0 Å². The molecule has 0 N–H and O–H groups in total. The minimum atomic E-state index is -0.0601. The normalized spacial score (nSPS) is 32.4. The van der Waals surface area contributed by atoms with E-state index in [0.717, 1.165) is 12.5 Å². The van der Waals surface area contributed by atoms with E-state index in [0.29, 0.717) is 19.2 Å². The molecule has 0 aromatic carbocycles. The molecule has 3 heteroatoms. The molecule has 0 aromatic heterocycles. The molecule has 0 radical (unpaired) electrons. The highest BCUT2D eigenvalue weighted by molar-refractivity contribution is 5.71. The van der Waals surface area contributed by atoms with Gasteiger partial charge in [0, 0.05) is 12.6 Å². The molecule has 3 nitrogen and oxygen atoms in total. The highest BCUT2D eigenvalue weighted by atomic mass is 16.5. The summed E-state index contributed by atoms with van der Waals surface area (Å²) in [7, 11) is 0. The zero-order valence-electron chi connectivity index (χ0n) is 8.16. The number of fused-ring (bicyclic) bond motifs is 2. The predicted octanol–water partition coefficient (Wildman–Crippen LogP) is 1.03. The first-order valence-corrected chi connectivity index (χ1v) is 5.19. The number of carbonyl (C=O) groups is 1. The van der Waals surface area contributed by atoms with E-state index in [1.165, 1.54) is 19.3 Å². The maximum atomic E-state index is 11.2. The lowest BCUT2D eigenvalue weighted by Gasteiger charge is -2.25. The molecule has 1 saturated heterocycles. The van der Waals surface area contributed by atoms with Gasteiger partial charge in [0.2, 0.25) is 0 Å². The molecule has 1 aliphatic heterocycles. The number of esters is 1. The molecule has 2 fully saturated rings. The smallest absolute Gasteiger partial charge is 0.320 e. The number of ether oxygens (including phenoxy) is 1. The molecule has 2 bridgehead atoms. The molecule has 2 atom stereocenters. The zero-order valence-corrected chi connectivity index (χ0v) is 8.16. The van der Waals surface area contributed by atoms with Crippen molar-refractivity contribution in [2.24, 2.45) is 5.92 Å². The van der Waals surface area contributed by atoms with Gasteiger partial charge in [-0.25, -0.2) is 0 Å². The number of rotatable bonds is 3. The minimum Gasteiger partial charge on any atom is -0.465 e. The Morgan fingerprint density at radius 1 is 1.54 bits per heavy atom. The Morgan fingerprint density at radius 3 is 2.92 bits per heavy atom. The minimum absolute atomic E-state index is 0.0601. The van der Waals surface area contributed by atoms with Crippen LogP contribution in [0.15, 0.2) is 0 Å². The van der Waals surface area contributed by atoms with Crippen LogP contribution in [0.4, 0.5) is 0 Å². The molecular weight excluding hydrogens is 166 g/mol. The summed E-state index contributed by atoms with van der Waals surface area (Å²) in [5.41, 5.74) is 0. The quantitative estimate of drug-likeness (QED) is 0.612. The van der Waals surface area contributed by atoms with Crippen molar-refractivity contribution in [3.05, 3.63) is 0 Å². The van der Waals surface area contributed by atoms with Crippen molar-refractivity contribution < 1.29 is 9.53 Å². The lowest BCUT2D eigenvalue weighted by atomic mass is 10.1. The lowest BCUT2D eigenvalue weighted by Crippen LogP contribution is -2.37. The SMILES string of the molecule is CCOC(=O)CN1C[C@@H]2CC[C@H]1C2. The lowest BCUT2D eigenvalue weighted by molar-refractivity contribution is -0.144. The number of nitrogens with zero attached hydrogens (tertiary/aromatic N) is 1. The van der Waals surface area contributed by atoms with Crippen molar-refractivity contribution in [3.63, 3.8) is 0 Å². The van der Waals surface area contributed by atoms with Gasteiger partial charge >= 0.3 is 5.97 Å². The highest BCUT2D eigenvalue weighted by Gasteiger charge is 2.38. The summed E-state index contributed by atoms with van der Waals surface area (Å²) < 4.78 is 4.93. The largest absolute Gasteiger partial charge is 0.465 e. The highest BCUT2D eigenvalue weighted by Crippen LogP contribution is 2.36. The van der Waals surface area contributed by atoms with Crippen molar-refractivity contribution in [1.29, 1.82) is 0 Å². The molecule has 1 heterocycles. The number of piperidine rings is 1. The molecule has 0 aromatic rings. The second-order valence-electron chi connectivity index (χ2n) is 4.07. The summed E-state index contributed by atoms with van der Waals surface area (Å²) in [5.74, 6) is 0.800. The van der Waals surface area contributed by atoms with E-state index in [1.54, 1.807) is 0 Å². The Hall–Kier alpha value is -0.570. The number of hydrogen-bond acceptors (Lipinski definition) is 3. The van der Waals surface area contributed by atoms with Gasteiger partial charge in [0.1, 0.15) is 0 Å². The average Bonchev–Trinajstić information content (AvgIpc) is 2.65. The van der Waals surface area contributed by atoms with E-state index < -0.39 is 0 Å². The standard InChI is InChI=1S/C10H17NO2/c1-2-13-10(12)7-11-6-8-3-4-9(11)5-8/h8-9H,2-7H2,1H3/t8-,9+/m1/s1. The van der Waals surface area contributed by atoms with E-state index in [9.17, 15) is 4.79 Å². The fourth-order valence-corrected chi connectivity index (χ4v) is 2.59. The molecule has 1 aliphatic carbocycles. The second-order valence-corrected chi connectivity index (χ2v) is 4.07. The van der Waals surface area contributed by atoms with Crippen LogP contribution in [-0.2, 0) is 9.53 Å².